The van der Waals surface area contributed by atoms with E-state index in [-0.39, 0.29) is 5.91 Å². The van der Waals surface area contributed by atoms with E-state index in [9.17, 15) is 4.79 Å². The van der Waals surface area contributed by atoms with Crippen LogP contribution in [0.15, 0.2) is 36.5 Å². The molecule has 0 atom stereocenters. The Bertz CT molecular complexity index is 989. The number of nitrogens with one attached hydrogen (secondary N) is 1. The third kappa shape index (κ3) is 4.17. The van der Waals surface area contributed by atoms with E-state index in [4.69, 9.17) is 0 Å². The number of carbonyl (C=O) groups excluding carboxylic acids is 1. The van der Waals surface area contributed by atoms with Crippen molar-refractivity contribution < 1.29 is 4.79 Å². The number of piperidine rings is 1. The minimum absolute atomic E-state index is 0.0787. The number of rotatable bonds is 6. The van der Waals surface area contributed by atoms with Crippen molar-refractivity contribution in [3.8, 4) is 11.1 Å². The minimum atomic E-state index is -0.0787. The monoisotopic (exact) mass is 391 g/mol. The van der Waals surface area contributed by atoms with Crippen LogP contribution in [-0.2, 0) is 0 Å². The lowest BCUT2D eigenvalue weighted by atomic mass is 10.1. The average molecular weight is 392 g/mol. The van der Waals surface area contributed by atoms with Crippen molar-refractivity contribution in [3.05, 3.63) is 53.5 Å². The molecule has 1 saturated heterocycles. The molecule has 1 aliphatic rings. The predicted octanol–water partition coefficient (Wildman–Crippen LogP) is 3.62. The molecule has 0 spiro atoms. The predicted molar refractivity (Wildman–Crippen MR) is 115 cm³/mol. The van der Waals surface area contributed by atoms with Crippen LogP contribution in [0.2, 0.25) is 0 Å². The Balaban J connectivity index is 1.47. The Morgan fingerprint density at radius 1 is 1.10 bits per heavy atom. The Kier molecular flexibility index (Phi) is 5.90. The fourth-order valence-electron chi connectivity index (χ4n) is 4.15. The van der Waals surface area contributed by atoms with Crippen molar-refractivity contribution in [2.24, 2.45) is 0 Å². The van der Waals surface area contributed by atoms with E-state index >= 15 is 0 Å². The molecule has 0 unspecified atom stereocenters. The third-order valence-electron chi connectivity index (χ3n) is 5.75. The maximum Gasteiger partial charge on any atom is 0.254 e. The minimum Gasteiger partial charge on any atom is -0.352 e. The lowest BCUT2D eigenvalue weighted by molar-refractivity contribution is 0.0949. The summed E-state index contributed by atoms with van der Waals surface area (Å²) in [6.07, 6.45) is 6.59. The lowest BCUT2D eigenvalue weighted by Crippen LogP contribution is -2.33. The van der Waals surface area contributed by atoms with Gasteiger partial charge in [0.1, 0.15) is 0 Å². The Labute approximate surface area is 171 Å². The number of hydrogen-bond donors (Lipinski definition) is 1. The molecule has 0 saturated carbocycles. The van der Waals surface area contributed by atoms with E-state index in [0.29, 0.717) is 12.1 Å². The molecule has 1 aliphatic heterocycles. The zero-order valence-electron chi connectivity index (χ0n) is 17.3. The molecule has 0 aliphatic carbocycles. The zero-order chi connectivity index (χ0) is 20.2. The highest BCUT2D eigenvalue weighted by molar-refractivity contribution is 5.95. The Hall–Kier alpha value is -2.73. The van der Waals surface area contributed by atoms with Crippen LogP contribution in [-0.4, -0.2) is 51.6 Å². The zero-order valence-corrected chi connectivity index (χ0v) is 17.3. The summed E-state index contributed by atoms with van der Waals surface area (Å²) in [5.41, 5.74) is 5.19. The Morgan fingerprint density at radius 2 is 1.86 bits per heavy atom. The standard InChI is InChI=1S/C23H29N5O/c1-17-21(19-10-5-3-6-11-19)22-25-16-20(18(2)28(22)26-17)23(29)24-12-9-15-27-13-7-4-8-14-27/h3,5-6,10-11,16H,4,7-9,12-15H2,1-2H3,(H,24,29). The first kappa shape index (κ1) is 19.6. The molecular weight excluding hydrogens is 362 g/mol. The van der Waals surface area contributed by atoms with Gasteiger partial charge >= 0.3 is 0 Å². The smallest absolute Gasteiger partial charge is 0.254 e. The van der Waals surface area contributed by atoms with Gasteiger partial charge in [-0.25, -0.2) is 9.50 Å². The second-order valence-corrected chi connectivity index (χ2v) is 7.83. The number of fused-ring (bicyclic) bond motifs is 1. The molecular formula is C23H29N5O. The van der Waals surface area contributed by atoms with Crippen LogP contribution in [0.5, 0.6) is 0 Å². The van der Waals surface area contributed by atoms with E-state index in [1.165, 1.54) is 32.4 Å². The molecule has 1 N–H and O–H groups in total. The first-order chi connectivity index (χ1) is 14.1. The number of likely N-dealkylation sites (tertiary alicyclic amines) is 1. The van der Waals surface area contributed by atoms with Gasteiger partial charge in [-0.3, -0.25) is 4.79 Å². The van der Waals surface area contributed by atoms with Gasteiger partial charge in [-0.2, -0.15) is 5.10 Å². The number of hydrogen-bond acceptors (Lipinski definition) is 4. The summed E-state index contributed by atoms with van der Waals surface area (Å²) in [6.45, 7) is 8.02. The van der Waals surface area contributed by atoms with Crippen LogP contribution in [0.1, 0.15) is 47.4 Å². The van der Waals surface area contributed by atoms with E-state index in [0.717, 1.165) is 41.1 Å². The van der Waals surface area contributed by atoms with Crippen LogP contribution in [0, 0.1) is 13.8 Å². The molecule has 3 heterocycles. The summed E-state index contributed by atoms with van der Waals surface area (Å²) < 4.78 is 1.79. The number of carbonyl (C=O) groups is 1. The van der Waals surface area contributed by atoms with Crippen LogP contribution in [0.4, 0.5) is 0 Å². The molecule has 1 amide bonds. The van der Waals surface area contributed by atoms with Crippen LogP contribution in [0.25, 0.3) is 16.8 Å². The quantitative estimate of drug-likeness (QED) is 0.652. The summed E-state index contributed by atoms with van der Waals surface area (Å²) in [4.78, 5) is 19.8. The topological polar surface area (TPSA) is 62.5 Å². The normalized spacial score (nSPS) is 15.0. The maximum absolute atomic E-state index is 12.7. The van der Waals surface area contributed by atoms with Crippen molar-refractivity contribution in [2.75, 3.05) is 26.2 Å². The molecule has 6 nitrogen and oxygen atoms in total. The number of aromatic nitrogens is 3. The van der Waals surface area contributed by atoms with Crippen molar-refractivity contribution in [2.45, 2.75) is 39.5 Å². The van der Waals surface area contributed by atoms with Gasteiger partial charge in [0.15, 0.2) is 5.65 Å². The first-order valence-electron chi connectivity index (χ1n) is 10.6. The van der Waals surface area contributed by atoms with Gasteiger partial charge in [-0.15, -0.1) is 0 Å². The number of benzene rings is 1. The first-order valence-corrected chi connectivity index (χ1v) is 10.6. The van der Waals surface area contributed by atoms with E-state index in [1.54, 1.807) is 10.7 Å². The molecule has 6 heteroatoms. The molecule has 3 aromatic rings. The van der Waals surface area contributed by atoms with Gasteiger partial charge in [0.2, 0.25) is 0 Å². The molecule has 0 bridgehead atoms. The van der Waals surface area contributed by atoms with Crippen molar-refractivity contribution in [3.63, 3.8) is 0 Å². The van der Waals surface area contributed by atoms with E-state index < -0.39 is 0 Å². The summed E-state index contributed by atoms with van der Waals surface area (Å²) in [5, 5.41) is 7.71. The summed E-state index contributed by atoms with van der Waals surface area (Å²) in [5.74, 6) is -0.0787. The van der Waals surface area contributed by atoms with E-state index in [1.807, 2.05) is 32.0 Å². The molecule has 152 valence electrons. The van der Waals surface area contributed by atoms with Crippen molar-refractivity contribution >= 4 is 11.6 Å². The number of aryl methyl sites for hydroxylation is 2. The molecule has 1 fully saturated rings. The van der Waals surface area contributed by atoms with Gasteiger partial charge in [-0.1, -0.05) is 36.8 Å². The average Bonchev–Trinajstić information content (AvgIpc) is 3.09. The summed E-state index contributed by atoms with van der Waals surface area (Å²) in [7, 11) is 0. The van der Waals surface area contributed by atoms with Gasteiger partial charge < -0.3 is 10.2 Å². The van der Waals surface area contributed by atoms with Gasteiger partial charge in [0.25, 0.3) is 5.91 Å². The molecule has 0 radical (unpaired) electrons. The van der Waals surface area contributed by atoms with Gasteiger partial charge in [0, 0.05) is 18.3 Å². The van der Waals surface area contributed by atoms with Gasteiger partial charge in [0.05, 0.1) is 17.0 Å². The fourth-order valence-corrected chi connectivity index (χ4v) is 4.15. The maximum atomic E-state index is 12.7. The molecule has 2 aromatic heterocycles. The Morgan fingerprint density at radius 3 is 2.62 bits per heavy atom. The van der Waals surface area contributed by atoms with Crippen LogP contribution in [0.3, 0.4) is 0 Å². The second-order valence-electron chi connectivity index (χ2n) is 7.83. The number of nitrogens with zero attached hydrogens (tertiary/aromatic N) is 4. The highest BCUT2D eigenvalue weighted by Gasteiger charge is 2.18. The van der Waals surface area contributed by atoms with Gasteiger partial charge in [-0.05, 0) is 58.3 Å². The fraction of sp³-hybridized carbons (Fsp3) is 0.435. The second kappa shape index (κ2) is 8.74. The van der Waals surface area contributed by atoms with Crippen molar-refractivity contribution in [1.29, 1.82) is 0 Å². The van der Waals surface area contributed by atoms with Crippen LogP contribution < -0.4 is 5.32 Å². The summed E-state index contributed by atoms with van der Waals surface area (Å²) in [6, 6.07) is 10.1. The largest absolute Gasteiger partial charge is 0.352 e. The third-order valence-corrected chi connectivity index (χ3v) is 5.75. The van der Waals surface area contributed by atoms with Crippen molar-refractivity contribution in [1.82, 2.24) is 24.8 Å². The summed E-state index contributed by atoms with van der Waals surface area (Å²) >= 11 is 0. The van der Waals surface area contributed by atoms with E-state index in [2.05, 4.69) is 32.4 Å². The molecule has 29 heavy (non-hydrogen) atoms. The SMILES string of the molecule is Cc1nn2c(C)c(C(=O)NCCCN3CCCCC3)cnc2c1-c1ccccc1. The molecule has 4 rings (SSSR count). The molecule has 1 aromatic carbocycles. The highest BCUT2D eigenvalue weighted by Crippen LogP contribution is 2.27. The van der Waals surface area contributed by atoms with Crippen LogP contribution >= 0.6 is 0 Å². The highest BCUT2D eigenvalue weighted by atomic mass is 16.1. The lowest BCUT2D eigenvalue weighted by Gasteiger charge is -2.26. The number of amides is 1.